The summed E-state index contributed by atoms with van der Waals surface area (Å²) in [5.74, 6) is -0.359. The van der Waals surface area contributed by atoms with Gasteiger partial charge in [-0.2, -0.15) is 0 Å². The molecule has 0 aliphatic carbocycles. The van der Waals surface area contributed by atoms with Gasteiger partial charge in [-0.05, 0) is 19.9 Å². The van der Waals surface area contributed by atoms with Crippen molar-refractivity contribution in [2.45, 2.75) is 13.8 Å². The molecule has 0 fully saturated rings. The zero-order valence-corrected chi connectivity index (χ0v) is 6.82. The first-order valence-electron chi connectivity index (χ1n) is 2.99. The maximum atomic E-state index is 12.2. The van der Waals surface area contributed by atoms with Gasteiger partial charge in [0.2, 0.25) is 0 Å². The molecule has 0 bridgehead atoms. The van der Waals surface area contributed by atoms with Gasteiger partial charge in [0.1, 0.15) is 5.83 Å². The monoisotopic (exact) mass is 160 g/mol. The molecule has 0 radical (unpaired) electrons. The van der Waals surface area contributed by atoms with Crippen LogP contribution in [0.1, 0.15) is 13.8 Å². The summed E-state index contributed by atoms with van der Waals surface area (Å²) in [5, 5.41) is 0.151. The van der Waals surface area contributed by atoms with E-state index in [4.69, 9.17) is 11.6 Å². The third-order valence-corrected chi connectivity index (χ3v) is 1.26. The first kappa shape index (κ1) is 9.44. The van der Waals surface area contributed by atoms with E-state index in [2.05, 4.69) is 0 Å². The first-order valence-corrected chi connectivity index (χ1v) is 3.37. The zero-order chi connectivity index (χ0) is 7.98. The second-order valence-corrected chi connectivity index (χ2v) is 2.17. The Morgan fingerprint density at radius 2 is 2.00 bits per heavy atom. The Balaban J connectivity index is 4.03. The van der Waals surface area contributed by atoms with Crippen LogP contribution >= 0.6 is 11.6 Å². The molecule has 56 valence electrons. The van der Waals surface area contributed by atoms with E-state index in [0.29, 0.717) is 0 Å². The summed E-state index contributed by atoms with van der Waals surface area (Å²) in [5.41, 5.74) is 0. The molecule has 0 rings (SSSR count). The Kier molecular flexibility index (Phi) is 4.95. The summed E-state index contributed by atoms with van der Waals surface area (Å²) < 4.78 is 12.2. The molecule has 0 unspecified atom stereocenters. The van der Waals surface area contributed by atoms with Gasteiger partial charge in [0, 0.05) is 0 Å². The van der Waals surface area contributed by atoms with Gasteiger partial charge in [-0.3, -0.25) is 0 Å². The van der Waals surface area contributed by atoms with Gasteiger partial charge in [-0.25, -0.2) is 4.39 Å². The standard InChI is InChI=1S/C8H10ClF/c1-3-4-5-6-8(9)7(2)10/h3-6H,1-2H3/b4-3+,6-5-,8-7-. The van der Waals surface area contributed by atoms with Gasteiger partial charge < -0.3 is 0 Å². The van der Waals surface area contributed by atoms with Crippen LogP contribution in [0, 0.1) is 0 Å². The summed E-state index contributed by atoms with van der Waals surface area (Å²) >= 11 is 5.44. The Morgan fingerprint density at radius 1 is 1.40 bits per heavy atom. The second kappa shape index (κ2) is 5.24. The highest BCUT2D eigenvalue weighted by Gasteiger charge is 1.89. The lowest BCUT2D eigenvalue weighted by molar-refractivity contribution is 0.638. The summed E-state index contributed by atoms with van der Waals surface area (Å²) in [7, 11) is 0. The maximum Gasteiger partial charge on any atom is 0.115 e. The maximum absolute atomic E-state index is 12.2. The quantitative estimate of drug-likeness (QED) is 0.542. The van der Waals surface area contributed by atoms with Crippen LogP contribution in [-0.4, -0.2) is 0 Å². The van der Waals surface area contributed by atoms with E-state index in [-0.39, 0.29) is 10.9 Å². The van der Waals surface area contributed by atoms with E-state index >= 15 is 0 Å². The van der Waals surface area contributed by atoms with E-state index in [1.807, 2.05) is 13.0 Å². The molecule has 0 saturated carbocycles. The van der Waals surface area contributed by atoms with E-state index in [9.17, 15) is 4.39 Å². The minimum Gasteiger partial charge on any atom is -0.211 e. The third-order valence-electron chi connectivity index (χ3n) is 0.875. The minimum absolute atomic E-state index is 0.151. The van der Waals surface area contributed by atoms with Crippen LogP contribution in [0.5, 0.6) is 0 Å². The van der Waals surface area contributed by atoms with Crippen LogP contribution in [0.15, 0.2) is 35.2 Å². The van der Waals surface area contributed by atoms with Crippen molar-refractivity contribution in [3.8, 4) is 0 Å². The van der Waals surface area contributed by atoms with Gasteiger partial charge in [-0.1, -0.05) is 29.8 Å². The number of halogens is 2. The van der Waals surface area contributed by atoms with Gasteiger partial charge in [0.25, 0.3) is 0 Å². The average Bonchev–Trinajstić information content (AvgIpc) is 1.88. The summed E-state index contributed by atoms with van der Waals surface area (Å²) in [6.45, 7) is 3.20. The highest BCUT2D eigenvalue weighted by Crippen LogP contribution is 2.10. The minimum atomic E-state index is -0.359. The Labute approximate surface area is 65.7 Å². The molecule has 0 aromatic carbocycles. The van der Waals surface area contributed by atoms with E-state index in [1.165, 1.54) is 13.0 Å². The first-order chi connectivity index (χ1) is 4.68. The highest BCUT2D eigenvalue weighted by molar-refractivity contribution is 6.31. The van der Waals surface area contributed by atoms with Crippen LogP contribution < -0.4 is 0 Å². The molecule has 0 atom stereocenters. The number of hydrogen-bond acceptors (Lipinski definition) is 0. The van der Waals surface area contributed by atoms with Crippen molar-refractivity contribution >= 4 is 11.6 Å². The highest BCUT2D eigenvalue weighted by atomic mass is 35.5. The SMILES string of the molecule is C/C=C/C=C\C(Cl)=C(/C)F. The van der Waals surface area contributed by atoms with Crippen molar-refractivity contribution in [3.05, 3.63) is 35.2 Å². The van der Waals surface area contributed by atoms with Crippen LogP contribution in [0.4, 0.5) is 4.39 Å². The molecule has 0 N–H and O–H groups in total. The smallest absolute Gasteiger partial charge is 0.115 e. The van der Waals surface area contributed by atoms with Crippen molar-refractivity contribution in [3.63, 3.8) is 0 Å². The van der Waals surface area contributed by atoms with E-state index in [0.717, 1.165) is 0 Å². The molecule has 0 nitrogen and oxygen atoms in total. The number of hydrogen-bond donors (Lipinski definition) is 0. The van der Waals surface area contributed by atoms with E-state index < -0.39 is 0 Å². The molecular weight excluding hydrogens is 151 g/mol. The summed E-state index contributed by atoms with van der Waals surface area (Å²) in [6, 6.07) is 0. The van der Waals surface area contributed by atoms with Crippen LogP contribution in [-0.2, 0) is 0 Å². The van der Waals surface area contributed by atoms with Crippen molar-refractivity contribution in [1.82, 2.24) is 0 Å². The molecule has 0 heterocycles. The molecule has 0 aromatic rings. The second-order valence-electron chi connectivity index (χ2n) is 1.77. The van der Waals surface area contributed by atoms with E-state index in [1.54, 1.807) is 12.2 Å². The normalized spacial score (nSPS) is 14.8. The van der Waals surface area contributed by atoms with Gasteiger partial charge >= 0.3 is 0 Å². The molecular formula is C8H10ClF. The lowest BCUT2D eigenvalue weighted by Gasteiger charge is -1.85. The van der Waals surface area contributed by atoms with Crippen molar-refractivity contribution in [1.29, 1.82) is 0 Å². The summed E-state index contributed by atoms with van der Waals surface area (Å²) in [6.07, 6.45) is 6.82. The fraction of sp³-hybridized carbons (Fsp3) is 0.250. The molecule has 0 spiro atoms. The third kappa shape index (κ3) is 4.33. The molecule has 0 aromatic heterocycles. The fourth-order valence-corrected chi connectivity index (χ4v) is 0.439. The Bertz CT molecular complexity index is 174. The lowest BCUT2D eigenvalue weighted by atomic mass is 10.4. The molecule has 2 heteroatoms. The van der Waals surface area contributed by atoms with Crippen molar-refractivity contribution in [2.75, 3.05) is 0 Å². The fourth-order valence-electron chi connectivity index (χ4n) is 0.366. The molecule has 0 aliphatic heterocycles. The van der Waals surface area contributed by atoms with Crippen molar-refractivity contribution < 1.29 is 4.39 Å². The number of allylic oxidation sites excluding steroid dienone is 6. The van der Waals surface area contributed by atoms with Gasteiger partial charge in [0.15, 0.2) is 0 Å². The molecule has 0 amide bonds. The molecule has 10 heavy (non-hydrogen) atoms. The Morgan fingerprint density at radius 3 is 2.40 bits per heavy atom. The lowest BCUT2D eigenvalue weighted by Crippen LogP contribution is -1.65. The largest absolute Gasteiger partial charge is 0.211 e. The molecule has 0 aliphatic rings. The summed E-state index contributed by atoms with van der Waals surface area (Å²) in [4.78, 5) is 0. The predicted octanol–water partition coefficient (Wildman–Crippen LogP) is 3.56. The Hall–Kier alpha value is -0.560. The van der Waals surface area contributed by atoms with Gasteiger partial charge in [-0.15, -0.1) is 0 Å². The van der Waals surface area contributed by atoms with Crippen LogP contribution in [0.2, 0.25) is 0 Å². The topological polar surface area (TPSA) is 0 Å². The average molecular weight is 161 g/mol. The van der Waals surface area contributed by atoms with Crippen LogP contribution in [0.3, 0.4) is 0 Å². The molecule has 0 saturated heterocycles. The van der Waals surface area contributed by atoms with Gasteiger partial charge in [0.05, 0.1) is 5.03 Å². The zero-order valence-electron chi connectivity index (χ0n) is 6.07. The number of rotatable bonds is 2. The van der Waals surface area contributed by atoms with Crippen molar-refractivity contribution in [2.24, 2.45) is 0 Å². The van der Waals surface area contributed by atoms with Crippen LogP contribution in [0.25, 0.3) is 0 Å². The predicted molar refractivity (Wildman–Crippen MR) is 43.6 cm³/mol.